The first-order valence-electron chi connectivity index (χ1n) is 3.75. The standard InChI is InChI=1S/C6H13NO2.HNO3/c7-5-3-1-2-4-6(8)9;2-1(3)4/h1-5,7H2,(H,8,9);(H,2,3,4). The summed E-state index contributed by atoms with van der Waals surface area (Å²) in [6, 6.07) is 0. The van der Waals surface area contributed by atoms with E-state index >= 15 is 0 Å². The van der Waals surface area contributed by atoms with Gasteiger partial charge in [-0.1, -0.05) is 6.42 Å². The van der Waals surface area contributed by atoms with Gasteiger partial charge in [-0.15, -0.1) is 10.1 Å². The number of hydrogen-bond donors (Lipinski definition) is 3. The van der Waals surface area contributed by atoms with Crippen molar-refractivity contribution < 1.29 is 20.2 Å². The summed E-state index contributed by atoms with van der Waals surface area (Å²) in [5, 5.41) is 21.8. The summed E-state index contributed by atoms with van der Waals surface area (Å²) in [5.74, 6) is -0.716. The highest BCUT2D eigenvalue weighted by Gasteiger charge is 1.94. The second-order valence-electron chi connectivity index (χ2n) is 2.23. The second kappa shape index (κ2) is 10.6. The predicted molar refractivity (Wildman–Crippen MR) is 43.9 cm³/mol. The van der Waals surface area contributed by atoms with E-state index in [9.17, 15) is 4.79 Å². The maximum Gasteiger partial charge on any atom is 0.303 e. The Labute approximate surface area is 75.3 Å². The molecule has 0 unspecified atom stereocenters. The molecule has 0 bridgehead atoms. The number of hydrogen-bond acceptors (Lipinski definition) is 4. The van der Waals surface area contributed by atoms with Crippen molar-refractivity contribution in [2.24, 2.45) is 5.73 Å². The number of nitrogens with zero attached hydrogens (tertiary/aromatic N) is 1. The number of carboxylic acid groups (broad SMARTS) is 1. The SMILES string of the molecule is NCCCCCC(=O)O.O=[N+]([O-])O. The molecule has 0 rings (SSSR count). The van der Waals surface area contributed by atoms with E-state index in [-0.39, 0.29) is 6.42 Å². The molecule has 0 aliphatic heterocycles. The summed E-state index contributed by atoms with van der Waals surface area (Å²) in [4.78, 5) is 18.3. The molecule has 0 saturated heterocycles. The summed E-state index contributed by atoms with van der Waals surface area (Å²) in [5.41, 5.74) is 5.20. The average molecular weight is 194 g/mol. The summed E-state index contributed by atoms with van der Waals surface area (Å²) in [6.45, 7) is 0.666. The van der Waals surface area contributed by atoms with Crippen molar-refractivity contribution in [3.05, 3.63) is 10.1 Å². The minimum Gasteiger partial charge on any atom is -0.481 e. The van der Waals surface area contributed by atoms with E-state index in [1.807, 2.05) is 0 Å². The second-order valence-corrected chi connectivity index (χ2v) is 2.23. The summed E-state index contributed by atoms with van der Waals surface area (Å²) < 4.78 is 0. The molecule has 7 nitrogen and oxygen atoms in total. The minimum atomic E-state index is -1.50. The van der Waals surface area contributed by atoms with Gasteiger partial charge in [-0.25, -0.2) is 0 Å². The van der Waals surface area contributed by atoms with Crippen molar-refractivity contribution in [3.8, 4) is 0 Å². The molecule has 0 fully saturated rings. The highest BCUT2D eigenvalue weighted by Crippen LogP contribution is 1.97. The van der Waals surface area contributed by atoms with Gasteiger partial charge in [0.05, 0.1) is 0 Å². The van der Waals surface area contributed by atoms with Crippen molar-refractivity contribution in [1.29, 1.82) is 0 Å². The Morgan fingerprint density at radius 3 is 2.15 bits per heavy atom. The summed E-state index contributed by atoms with van der Waals surface area (Å²) in [7, 11) is 0. The molecule has 0 saturated carbocycles. The molecule has 7 heteroatoms. The van der Waals surface area contributed by atoms with E-state index in [1.54, 1.807) is 0 Å². The zero-order valence-electron chi connectivity index (χ0n) is 7.18. The molecule has 0 spiro atoms. The molecule has 0 radical (unpaired) electrons. The topological polar surface area (TPSA) is 127 Å². The normalized spacial score (nSPS) is 8.38. The van der Waals surface area contributed by atoms with E-state index in [1.165, 1.54) is 0 Å². The van der Waals surface area contributed by atoms with Crippen LogP contribution in [0.2, 0.25) is 0 Å². The lowest BCUT2D eigenvalue weighted by Crippen LogP contribution is -1.99. The van der Waals surface area contributed by atoms with Crippen molar-refractivity contribution in [2.45, 2.75) is 25.7 Å². The molecule has 0 aromatic heterocycles. The van der Waals surface area contributed by atoms with Crippen LogP contribution in [0.1, 0.15) is 25.7 Å². The van der Waals surface area contributed by atoms with Gasteiger partial charge in [0.25, 0.3) is 5.09 Å². The van der Waals surface area contributed by atoms with Crippen LogP contribution in [0, 0.1) is 10.1 Å². The third kappa shape index (κ3) is 36.9. The van der Waals surface area contributed by atoms with Crippen LogP contribution in [-0.2, 0) is 4.79 Å². The Balaban J connectivity index is 0. The number of aliphatic carboxylic acids is 1. The molecule has 13 heavy (non-hydrogen) atoms. The molecule has 0 heterocycles. The molecule has 0 amide bonds. The number of rotatable bonds is 5. The zero-order chi connectivity index (χ0) is 10.7. The van der Waals surface area contributed by atoms with Gasteiger partial charge < -0.3 is 16.0 Å². The van der Waals surface area contributed by atoms with E-state index in [0.29, 0.717) is 6.54 Å². The quantitative estimate of drug-likeness (QED) is 0.327. The average Bonchev–Trinajstić information content (AvgIpc) is 1.97. The third-order valence-electron chi connectivity index (χ3n) is 1.09. The fourth-order valence-corrected chi connectivity index (χ4v) is 0.597. The summed E-state index contributed by atoms with van der Waals surface area (Å²) in [6.07, 6.45) is 2.91. The van der Waals surface area contributed by atoms with E-state index in [2.05, 4.69) is 0 Å². The number of nitrogens with two attached hydrogens (primary N) is 1. The maximum atomic E-state index is 9.93. The Kier molecular flexibility index (Phi) is 11.6. The van der Waals surface area contributed by atoms with E-state index in [4.69, 9.17) is 26.2 Å². The highest BCUT2D eigenvalue weighted by molar-refractivity contribution is 5.66. The van der Waals surface area contributed by atoms with Gasteiger partial charge in [-0.05, 0) is 19.4 Å². The van der Waals surface area contributed by atoms with Crippen molar-refractivity contribution >= 4 is 5.97 Å². The van der Waals surface area contributed by atoms with Gasteiger partial charge in [-0.3, -0.25) is 4.79 Å². The lowest BCUT2D eigenvalue weighted by Gasteiger charge is -1.93. The molecule has 0 atom stereocenters. The highest BCUT2D eigenvalue weighted by atomic mass is 16.9. The minimum absolute atomic E-state index is 0.278. The van der Waals surface area contributed by atoms with Crippen molar-refractivity contribution in [3.63, 3.8) is 0 Å². The van der Waals surface area contributed by atoms with Crippen LogP contribution in [0.3, 0.4) is 0 Å². The van der Waals surface area contributed by atoms with Crippen LogP contribution < -0.4 is 5.73 Å². The number of carbonyl (C=O) groups is 1. The van der Waals surface area contributed by atoms with Gasteiger partial charge in [0.1, 0.15) is 0 Å². The molecule has 0 aromatic carbocycles. The van der Waals surface area contributed by atoms with Crippen LogP contribution in [0.25, 0.3) is 0 Å². The predicted octanol–water partition coefficient (Wildman–Crippen LogP) is 0.242. The first kappa shape index (κ1) is 14.2. The van der Waals surface area contributed by atoms with Gasteiger partial charge in [-0.2, -0.15) is 0 Å². The van der Waals surface area contributed by atoms with Crippen LogP contribution in [0.5, 0.6) is 0 Å². The van der Waals surface area contributed by atoms with Gasteiger partial charge in [0.2, 0.25) is 0 Å². The maximum absolute atomic E-state index is 9.93. The Bertz CT molecular complexity index is 146. The molecular weight excluding hydrogens is 180 g/mol. The molecular formula is C6H14N2O5. The third-order valence-corrected chi connectivity index (χ3v) is 1.09. The lowest BCUT2D eigenvalue weighted by molar-refractivity contribution is -0.742. The molecule has 0 aliphatic carbocycles. The largest absolute Gasteiger partial charge is 0.481 e. The number of carboxylic acids is 1. The summed E-state index contributed by atoms with van der Waals surface area (Å²) >= 11 is 0. The Morgan fingerprint density at radius 2 is 1.85 bits per heavy atom. The van der Waals surface area contributed by atoms with Gasteiger partial charge >= 0.3 is 5.97 Å². The molecule has 4 N–H and O–H groups in total. The van der Waals surface area contributed by atoms with Crippen LogP contribution in [-0.4, -0.2) is 27.9 Å². The Hall–Kier alpha value is -1.37. The monoisotopic (exact) mass is 194 g/mol. The Morgan fingerprint density at radius 1 is 1.38 bits per heavy atom. The first-order valence-corrected chi connectivity index (χ1v) is 3.75. The molecule has 78 valence electrons. The van der Waals surface area contributed by atoms with Crippen LogP contribution in [0.15, 0.2) is 0 Å². The molecule has 0 aliphatic rings. The lowest BCUT2D eigenvalue weighted by atomic mass is 10.2. The first-order chi connectivity index (χ1) is 6.00. The smallest absolute Gasteiger partial charge is 0.303 e. The van der Waals surface area contributed by atoms with Crippen LogP contribution >= 0.6 is 0 Å². The van der Waals surface area contributed by atoms with E-state index < -0.39 is 11.1 Å². The van der Waals surface area contributed by atoms with E-state index in [0.717, 1.165) is 19.3 Å². The fraction of sp³-hybridized carbons (Fsp3) is 0.833. The van der Waals surface area contributed by atoms with Crippen molar-refractivity contribution in [2.75, 3.05) is 6.54 Å². The van der Waals surface area contributed by atoms with Crippen LogP contribution in [0.4, 0.5) is 0 Å². The molecule has 0 aromatic rings. The fourth-order valence-electron chi connectivity index (χ4n) is 0.597. The van der Waals surface area contributed by atoms with Crippen molar-refractivity contribution in [1.82, 2.24) is 0 Å². The van der Waals surface area contributed by atoms with Gasteiger partial charge in [0.15, 0.2) is 0 Å². The van der Waals surface area contributed by atoms with Gasteiger partial charge in [0, 0.05) is 6.42 Å². The zero-order valence-corrected chi connectivity index (χ0v) is 7.18. The number of unbranched alkanes of at least 4 members (excludes halogenated alkanes) is 2.